The number of hydrogen-bond donors (Lipinski definition) is 0. The molecule has 2 aliphatic rings. The summed E-state index contributed by atoms with van der Waals surface area (Å²) in [6.07, 6.45) is 4.39. The molecule has 3 nitrogen and oxygen atoms in total. The number of hydrogen-bond acceptors (Lipinski definition) is 2. The van der Waals surface area contributed by atoms with Crippen molar-refractivity contribution in [1.29, 1.82) is 0 Å². The first-order chi connectivity index (χ1) is 6.33. The van der Waals surface area contributed by atoms with Crippen LogP contribution in [-0.4, -0.2) is 24.1 Å². The van der Waals surface area contributed by atoms with Crippen LogP contribution < -0.4 is 0 Å². The van der Waals surface area contributed by atoms with Gasteiger partial charge in [-0.2, -0.15) is 0 Å². The highest BCUT2D eigenvalue weighted by molar-refractivity contribution is 5.80. The first-order valence-corrected chi connectivity index (χ1v) is 5.27. The number of carbonyl (C=O) groups is 1. The average molecular weight is 183 g/mol. The van der Waals surface area contributed by atoms with E-state index in [1.165, 1.54) is 0 Å². The maximum atomic E-state index is 11.7. The van der Waals surface area contributed by atoms with Crippen molar-refractivity contribution in [1.82, 2.24) is 5.06 Å². The molecule has 0 N–H and O–H groups in total. The normalized spacial score (nSPS) is 33.2. The van der Waals surface area contributed by atoms with Crippen LogP contribution >= 0.6 is 0 Å². The van der Waals surface area contributed by atoms with Gasteiger partial charge in [0.15, 0.2) is 0 Å². The van der Waals surface area contributed by atoms with Crippen molar-refractivity contribution < 1.29 is 9.63 Å². The topological polar surface area (TPSA) is 29.5 Å². The summed E-state index contributed by atoms with van der Waals surface area (Å²) in [5.74, 6) is 1.15. The molecule has 1 saturated carbocycles. The number of rotatable bonds is 2. The highest BCUT2D eigenvalue weighted by atomic mass is 16.7. The van der Waals surface area contributed by atoms with E-state index in [2.05, 4.69) is 6.92 Å². The van der Waals surface area contributed by atoms with E-state index in [-0.39, 0.29) is 11.8 Å². The summed E-state index contributed by atoms with van der Waals surface area (Å²) in [6, 6.07) is 0. The molecule has 0 aromatic carbocycles. The zero-order chi connectivity index (χ0) is 9.26. The van der Waals surface area contributed by atoms with Gasteiger partial charge in [0.25, 0.3) is 0 Å². The summed E-state index contributed by atoms with van der Waals surface area (Å²) < 4.78 is 0. The molecule has 0 aromatic heterocycles. The summed E-state index contributed by atoms with van der Waals surface area (Å²) in [7, 11) is 0. The second-order valence-corrected chi connectivity index (χ2v) is 3.99. The van der Waals surface area contributed by atoms with Gasteiger partial charge < -0.3 is 0 Å². The van der Waals surface area contributed by atoms with E-state index < -0.39 is 0 Å². The lowest BCUT2D eigenvalue weighted by atomic mass is 10.2. The van der Waals surface area contributed by atoms with E-state index in [1.807, 2.05) is 0 Å². The van der Waals surface area contributed by atoms with Gasteiger partial charge in [-0.05, 0) is 25.2 Å². The number of carbonyl (C=O) groups excluding carboxylic acids is 1. The second kappa shape index (κ2) is 3.66. The summed E-state index contributed by atoms with van der Waals surface area (Å²) in [5.41, 5.74) is 0. The van der Waals surface area contributed by atoms with Gasteiger partial charge in [0.1, 0.15) is 0 Å². The van der Waals surface area contributed by atoms with Crippen molar-refractivity contribution >= 4 is 5.91 Å². The lowest BCUT2D eigenvalue weighted by Gasteiger charge is -2.25. The van der Waals surface area contributed by atoms with Gasteiger partial charge in [0.05, 0.1) is 6.61 Å². The van der Waals surface area contributed by atoms with Crippen LogP contribution in [0.15, 0.2) is 0 Å². The zero-order valence-corrected chi connectivity index (χ0v) is 8.16. The molecular formula is C10H17NO2. The van der Waals surface area contributed by atoms with Gasteiger partial charge in [-0.3, -0.25) is 9.63 Å². The van der Waals surface area contributed by atoms with Crippen molar-refractivity contribution in [2.45, 2.75) is 32.6 Å². The van der Waals surface area contributed by atoms with E-state index >= 15 is 0 Å². The van der Waals surface area contributed by atoms with Gasteiger partial charge in [-0.15, -0.1) is 0 Å². The first kappa shape index (κ1) is 9.00. The predicted octanol–water partition coefficient (Wildman–Crippen LogP) is 1.59. The molecular weight excluding hydrogens is 166 g/mol. The smallest absolute Gasteiger partial charge is 0.249 e. The fourth-order valence-corrected chi connectivity index (χ4v) is 1.96. The molecule has 0 aromatic rings. The second-order valence-electron chi connectivity index (χ2n) is 3.99. The molecule has 0 spiro atoms. The van der Waals surface area contributed by atoms with Gasteiger partial charge in [-0.1, -0.05) is 13.3 Å². The third kappa shape index (κ3) is 1.85. The van der Waals surface area contributed by atoms with E-state index in [0.29, 0.717) is 5.92 Å². The SMILES string of the molecule is CCC1CC1C(=O)N1CCCCO1. The summed E-state index contributed by atoms with van der Waals surface area (Å²) in [4.78, 5) is 17.0. The largest absolute Gasteiger partial charge is 0.272 e. The van der Waals surface area contributed by atoms with Gasteiger partial charge in [0.2, 0.25) is 5.91 Å². The Balaban J connectivity index is 1.83. The molecule has 1 saturated heterocycles. The maximum absolute atomic E-state index is 11.7. The molecule has 2 atom stereocenters. The molecule has 1 aliphatic carbocycles. The van der Waals surface area contributed by atoms with E-state index in [1.54, 1.807) is 5.06 Å². The fraction of sp³-hybridized carbons (Fsp3) is 0.900. The third-order valence-corrected chi connectivity index (χ3v) is 3.01. The highest BCUT2D eigenvalue weighted by Crippen LogP contribution is 2.42. The highest BCUT2D eigenvalue weighted by Gasteiger charge is 2.44. The summed E-state index contributed by atoms with van der Waals surface area (Å²) in [5, 5.41) is 1.59. The number of amides is 1. The number of nitrogens with zero attached hydrogens (tertiary/aromatic N) is 1. The minimum Gasteiger partial charge on any atom is -0.272 e. The quantitative estimate of drug-likeness (QED) is 0.650. The van der Waals surface area contributed by atoms with Crippen LogP contribution in [0.5, 0.6) is 0 Å². The Morgan fingerprint density at radius 1 is 1.54 bits per heavy atom. The summed E-state index contributed by atoms with van der Waals surface area (Å²) in [6.45, 7) is 3.66. The van der Waals surface area contributed by atoms with Crippen LogP contribution in [-0.2, 0) is 9.63 Å². The van der Waals surface area contributed by atoms with Crippen LogP contribution in [0.1, 0.15) is 32.6 Å². The van der Waals surface area contributed by atoms with Crippen molar-refractivity contribution in [2.75, 3.05) is 13.2 Å². The van der Waals surface area contributed by atoms with E-state index in [4.69, 9.17) is 4.84 Å². The lowest BCUT2D eigenvalue weighted by Crippen LogP contribution is -2.37. The van der Waals surface area contributed by atoms with Crippen LogP contribution in [0, 0.1) is 11.8 Å². The first-order valence-electron chi connectivity index (χ1n) is 5.27. The van der Waals surface area contributed by atoms with Crippen molar-refractivity contribution in [3.05, 3.63) is 0 Å². The maximum Gasteiger partial charge on any atom is 0.249 e. The van der Waals surface area contributed by atoms with Crippen molar-refractivity contribution in [3.63, 3.8) is 0 Å². The molecule has 2 rings (SSSR count). The molecule has 2 fully saturated rings. The monoisotopic (exact) mass is 183 g/mol. The van der Waals surface area contributed by atoms with E-state index in [0.717, 1.165) is 38.8 Å². The van der Waals surface area contributed by atoms with Crippen LogP contribution in [0.3, 0.4) is 0 Å². The Hall–Kier alpha value is -0.570. The molecule has 1 amide bonds. The number of hydroxylamine groups is 2. The minimum atomic E-state index is 0.228. The molecule has 3 heteroatoms. The zero-order valence-electron chi connectivity index (χ0n) is 8.16. The van der Waals surface area contributed by atoms with Crippen LogP contribution in [0.25, 0.3) is 0 Å². The summed E-state index contributed by atoms with van der Waals surface area (Å²) >= 11 is 0. The predicted molar refractivity (Wildman–Crippen MR) is 48.8 cm³/mol. The third-order valence-electron chi connectivity index (χ3n) is 3.01. The molecule has 13 heavy (non-hydrogen) atoms. The van der Waals surface area contributed by atoms with Crippen molar-refractivity contribution in [2.24, 2.45) is 11.8 Å². The molecule has 1 heterocycles. The standard InChI is InChI=1S/C10H17NO2/c1-2-8-7-9(8)10(12)11-5-3-4-6-13-11/h8-9H,2-7H2,1H3. The van der Waals surface area contributed by atoms with E-state index in [9.17, 15) is 4.79 Å². The molecule has 0 radical (unpaired) electrons. The Labute approximate surface area is 79.0 Å². The Morgan fingerprint density at radius 3 is 2.92 bits per heavy atom. The lowest BCUT2D eigenvalue weighted by molar-refractivity contribution is -0.198. The van der Waals surface area contributed by atoms with Crippen molar-refractivity contribution in [3.8, 4) is 0 Å². The molecule has 1 aliphatic heterocycles. The van der Waals surface area contributed by atoms with Crippen LogP contribution in [0.4, 0.5) is 0 Å². The van der Waals surface area contributed by atoms with Crippen LogP contribution in [0.2, 0.25) is 0 Å². The van der Waals surface area contributed by atoms with Gasteiger partial charge >= 0.3 is 0 Å². The Bertz CT molecular complexity index is 199. The Morgan fingerprint density at radius 2 is 2.38 bits per heavy atom. The Kier molecular flexibility index (Phi) is 2.54. The molecule has 74 valence electrons. The molecule has 0 bridgehead atoms. The minimum absolute atomic E-state index is 0.228. The fourth-order valence-electron chi connectivity index (χ4n) is 1.96. The molecule has 2 unspecified atom stereocenters. The van der Waals surface area contributed by atoms with Gasteiger partial charge in [0, 0.05) is 12.5 Å². The van der Waals surface area contributed by atoms with Gasteiger partial charge in [-0.25, -0.2) is 5.06 Å². The average Bonchev–Trinajstić information content (AvgIpc) is 2.97.